The van der Waals surface area contributed by atoms with E-state index in [1.807, 2.05) is 0 Å². The van der Waals surface area contributed by atoms with Crippen molar-refractivity contribution in [1.29, 1.82) is 10.5 Å². The lowest BCUT2D eigenvalue weighted by molar-refractivity contribution is 0.0998. The third-order valence-corrected chi connectivity index (χ3v) is 11.1. The predicted molar refractivity (Wildman–Crippen MR) is 180 cm³/mol. The molecule has 0 saturated heterocycles. The molecule has 8 nitrogen and oxygen atoms in total. The Kier molecular flexibility index (Phi) is 9.14. The van der Waals surface area contributed by atoms with Crippen LogP contribution in [0.2, 0.25) is 30.1 Å². The summed E-state index contributed by atoms with van der Waals surface area (Å²) in [5.41, 5.74) is 1.20. The van der Waals surface area contributed by atoms with Gasteiger partial charge in [0.2, 0.25) is 5.91 Å². The molecule has 45 heavy (non-hydrogen) atoms. The van der Waals surface area contributed by atoms with Gasteiger partial charge in [-0.1, -0.05) is 105 Å². The summed E-state index contributed by atoms with van der Waals surface area (Å²) in [6.07, 6.45) is 3.06. The number of primary amides is 1. The van der Waals surface area contributed by atoms with E-state index in [1.165, 1.54) is 52.8 Å². The first-order valence-electron chi connectivity index (χ1n) is 12.7. The second-order valence-corrected chi connectivity index (χ2v) is 13.7. The molecule has 2 aromatic heterocycles. The predicted octanol–water partition coefficient (Wildman–Crippen LogP) is 9.84. The van der Waals surface area contributed by atoms with Crippen LogP contribution in [0.4, 0.5) is 0 Å². The zero-order chi connectivity index (χ0) is 33.2. The Morgan fingerprint density at radius 1 is 0.778 bits per heavy atom. The van der Waals surface area contributed by atoms with E-state index >= 15 is 0 Å². The molecule has 0 spiro atoms. The van der Waals surface area contributed by atoms with Crippen LogP contribution >= 0.6 is 92.8 Å². The summed E-state index contributed by atoms with van der Waals surface area (Å²) in [5.74, 6) is -0.828. The molecule has 16 heteroatoms. The summed E-state index contributed by atoms with van der Waals surface area (Å²) in [5, 5.41) is 32.1. The van der Waals surface area contributed by atoms with Crippen molar-refractivity contribution in [3.8, 4) is 12.1 Å². The van der Waals surface area contributed by atoms with Crippen LogP contribution in [0.15, 0.2) is 42.7 Å². The van der Waals surface area contributed by atoms with Gasteiger partial charge in [0, 0.05) is 28.7 Å². The highest BCUT2D eigenvalue weighted by molar-refractivity contribution is 6.48. The van der Waals surface area contributed by atoms with Gasteiger partial charge in [-0.15, -0.1) is 0 Å². The van der Waals surface area contributed by atoms with Gasteiger partial charge in [0.25, 0.3) is 0 Å². The van der Waals surface area contributed by atoms with Crippen LogP contribution in [0.3, 0.4) is 0 Å². The highest BCUT2D eigenvalue weighted by Gasteiger charge is 2.43. The van der Waals surface area contributed by atoms with Crippen molar-refractivity contribution in [2.24, 2.45) is 5.73 Å². The van der Waals surface area contributed by atoms with Crippen LogP contribution in [0.25, 0.3) is 21.8 Å². The fraction of sp³-hybridized carbons (Fsp3) is 0.207. The number of nitrogens with two attached hydrogens (primary N) is 1. The number of nitrogens with zero attached hydrogens (tertiary/aromatic N) is 6. The lowest BCUT2D eigenvalue weighted by atomic mass is 9.75. The molecule has 2 N–H and O–H groups in total. The molecule has 2 heterocycles. The first-order chi connectivity index (χ1) is 21.1. The first-order valence-corrected chi connectivity index (χ1v) is 15.8. The summed E-state index contributed by atoms with van der Waals surface area (Å²) in [7, 11) is 0. The quantitative estimate of drug-likeness (QED) is 0.131. The lowest BCUT2D eigenvalue weighted by Gasteiger charge is -2.32. The van der Waals surface area contributed by atoms with Crippen LogP contribution in [0.1, 0.15) is 46.3 Å². The van der Waals surface area contributed by atoms with Gasteiger partial charge in [-0.3, -0.25) is 14.2 Å². The topological polar surface area (TPSA) is 126 Å². The smallest absolute Gasteiger partial charge is 0.249 e. The molecule has 0 aliphatic carbocycles. The SMILES string of the molecule is CC(C#N)(c1ccc(C(N)=O)c(C(C)(C#N)C(Cl)n2cc3c(Cl)cc(Cl)c(Cl)c3n2)c1)C(Cl)n1cc2c(Cl)cc(Cl)c(Cl)c2n1. The number of aromatic nitrogens is 4. The van der Waals surface area contributed by atoms with Crippen LogP contribution < -0.4 is 5.73 Å². The lowest BCUT2D eigenvalue weighted by Crippen LogP contribution is -2.35. The second kappa shape index (κ2) is 12.2. The molecule has 3 aromatic carbocycles. The van der Waals surface area contributed by atoms with Gasteiger partial charge in [0.15, 0.2) is 0 Å². The van der Waals surface area contributed by atoms with Gasteiger partial charge in [0.1, 0.15) is 32.9 Å². The Balaban J connectivity index is 1.66. The molecular formula is C29H17Cl8N7O. The maximum atomic E-state index is 12.6. The van der Waals surface area contributed by atoms with Gasteiger partial charge in [-0.25, -0.2) is 0 Å². The van der Waals surface area contributed by atoms with E-state index in [-0.39, 0.29) is 46.8 Å². The number of carbonyl (C=O) groups is 1. The van der Waals surface area contributed by atoms with Crippen molar-refractivity contribution in [3.05, 3.63) is 89.6 Å². The molecular weight excluding hydrogens is 746 g/mol. The van der Waals surface area contributed by atoms with Crippen molar-refractivity contribution in [1.82, 2.24) is 19.6 Å². The molecule has 0 bridgehead atoms. The average Bonchev–Trinajstić information content (AvgIpc) is 3.67. The number of nitriles is 2. The average molecular weight is 763 g/mol. The molecule has 0 fully saturated rings. The number of amides is 1. The normalized spacial score (nSPS) is 15.6. The van der Waals surface area contributed by atoms with Crippen LogP contribution in [0.5, 0.6) is 0 Å². The van der Waals surface area contributed by atoms with Crippen LogP contribution in [-0.2, 0) is 10.8 Å². The van der Waals surface area contributed by atoms with Crippen molar-refractivity contribution in [2.45, 2.75) is 35.7 Å². The first kappa shape index (κ1) is 33.7. The third-order valence-electron chi connectivity index (χ3n) is 7.65. The van der Waals surface area contributed by atoms with E-state index in [2.05, 4.69) is 22.3 Å². The molecule has 0 radical (unpaired) electrons. The Bertz CT molecular complexity index is 2130. The maximum Gasteiger partial charge on any atom is 0.249 e. The highest BCUT2D eigenvalue weighted by Crippen LogP contribution is 2.46. The van der Waals surface area contributed by atoms with Crippen LogP contribution in [-0.4, -0.2) is 25.5 Å². The molecule has 0 aliphatic heterocycles. The third kappa shape index (κ3) is 5.46. The minimum Gasteiger partial charge on any atom is -0.366 e. The van der Waals surface area contributed by atoms with Gasteiger partial charge in [0.05, 0.1) is 42.3 Å². The Labute approximate surface area is 296 Å². The summed E-state index contributed by atoms with van der Waals surface area (Å²) in [6, 6.07) is 11.8. The van der Waals surface area contributed by atoms with E-state index in [1.54, 1.807) is 13.1 Å². The van der Waals surface area contributed by atoms with Gasteiger partial charge < -0.3 is 5.73 Å². The fourth-order valence-corrected chi connectivity index (χ4v) is 6.89. The number of benzene rings is 3. The van der Waals surface area contributed by atoms with Crippen molar-refractivity contribution in [2.75, 3.05) is 0 Å². The standard InChI is InChI=1S/C29H17Cl8N7O/c1-28(10-38,26(36)43-8-14-17(30)6-19(32)21(34)23(14)41-43)12-3-4-13(25(40)45)16(5-12)29(2,11-39)27(37)44-9-15-18(31)7-20(33)22(35)24(15)42-44/h3-9,26-27H,1-2H3,(H2,40,45). The zero-order valence-electron chi connectivity index (χ0n) is 22.9. The minimum absolute atomic E-state index is 0.00582. The minimum atomic E-state index is -1.66. The molecule has 5 aromatic rings. The summed E-state index contributed by atoms with van der Waals surface area (Å²) in [4.78, 5) is 12.6. The molecule has 1 amide bonds. The monoisotopic (exact) mass is 759 g/mol. The number of alkyl halides is 2. The van der Waals surface area contributed by atoms with E-state index in [0.717, 1.165) is 0 Å². The van der Waals surface area contributed by atoms with E-state index < -0.39 is 27.7 Å². The molecule has 0 aliphatic rings. The number of hydrogen-bond donors (Lipinski definition) is 1. The van der Waals surface area contributed by atoms with Gasteiger partial charge >= 0.3 is 0 Å². The summed E-state index contributed by atoms with van der Waals surface area (Å²) < 4.78 is 2.63. The molecule has 230 valence electrons. The van der Waals surface area contributed by atoms with E-state index in [0.29, 0.717) is 21.9 Å². The summed E-state index contributed by atoms with van der Waals surface area (Å²) >= 11 is 51.7. The number of fused-ring (bicyclic) bond motifs is 2. The Morgan fingerprint density at radius 3 is 1.64 bits per heavy atom. The largest absolute Gasteiger partial charge is 0.366 e. The molecule has 4 unspecified atom stereocenters. The number of rotatable bonds is 7. The highest BCUT2D eigenvalue weighted by atomic mass is 35.5. The van der Waals surface area contributed by atoms with E-state index in [9.17, 15) is 15.3 Å². The Hall–Kier alpha value is -2.63. The number of carbonyl (C=O) groups excluding carboxylic acids is 1. The fourth-order valence-electron chi connectivity index (χ4n) is 4.96. The van der Waals surface area contributed by atoms with Crippen molar-refractivity contribution in [3.63, 3.8) is 0 Å². The van der Waals surface area contributed by atoms with Crippen molar-refractivity contribution < 1.29 is 4.79 Å². The Morgan fingerprint density at radius 2 is 1.22 bits per heavy atom. The molecule has 4 atom stereocenters. The van der Waals surface area contributed by atoms with E-state index in [4.69, 9.17) is 98.5 Å². The van der Waals surface area contributed by atoms with Gasteiger partial charge in [-0.05, 0) is 43.2 Å². The molecule has 0 saturated carbocycles. The van der Waals surface area contributed by atoms with Crippen molar-refractivity contribution >= 4 is 121 Å². The van der Waals surface area contributed by atoms with Crippen LogP contribution in [0, 0.1) is 22.7 Å². The molecule has 5 rings (SSSR count). The van der Waals surface area contributed by atoms with Gasteiger partial charge in [-0.2, -0.15) is 20.7 Å². The zero-order valence-corrected chi connectivity index (χ0v) is 28.9. The number of halogens is 8. The summed E-state index contributed by atoms with van der Waals surface area (Å²) in [6.45, 7) is 3.08. The second-order valence-electron chi connectivity index (χ2n) is 10.5. The number of hydrogen-bond acceptors (Lipinski definition) is 5. The maximum absolute atomic E-state index is 12.6.